The summed E-state index contributed by atoms with van der Waals surface area (Å²) in [5, 5.41) is 10.5. The van der Waals surface area contributed by atoms with Crippen LogP contribution in [0.3, 0.4) is 0 Å². The molecule has 0 spiro atoms. The first-order valence-corrected chi connectivity index (χ1v) is 5.37. The molecular formula is C12H18N2O. The summed E-state index contributed by atoms with van der Waals surface area (Å²) in [6.07, 6.45) is 1.85. The fourth-order valence-electron chi connectivity index (χ4n) is 2.31. The Balaban J connectivity index is 2.28. The summed E-state index contributed by atoms with van der Waals surface area (Å²) in [5.74, 6) is 0. The van der Waals surface area contributed by atoms with Gasteiger partial charge in [-0.05, 0) is 44.1 Å². The van der Waals surface area contributed by atoms with E-state index in [4.69, 9.17) is 5.73 Å². The third-order valence-electron chi connectivity index (χ3n) is 3.09. The van der Waals surface area contributed by atoms with E-state index in [9.17, 15) is 5.11 Å². The largest absolute Gasteiger partial charge is 0.399 e. The minimum Gasteiger partial charge on any atom is -0.399 e. The molecule has 3 nitrogen and oxygen atoms in total. The monoisotopic (exact) mass is 206 g/mol. The summed E-state index contributed by atoms with van der Waals surface area (Å²) >= 11 is 0. The molecule has 2 rings (SSSR count). The zero-order valence-corrected chi connectivity index (χ0v) is 9.11. The van der Waals surface area contributed by atoms with Crippen molar-refractivity contribution in [2.75, 3.05) is 25.9 Å². The highest BCUT2D eigenvalue weighted by molar-refractivity contribution is 5.42. The van der Waals surface area contributed by atoms with Gasteiger partial charge >= 0.3 is 0 Å². The Morgan fingerprint density at radius 2 is 2.27 bits per heavy atom. The summed E-state index contributed by atoms with van der Waals surface area (Å²) in [7, 11) is 2.04. The van der Waals surface area contributed by atoms with Crippen molar-refractivity contribution >= 4 is 5.69 Å². The molecule has 1 aromatic carbocycles. The third kappa shape index (κ3) is 2.13. The predicted octanol–water partition coefficient (Wildman–Crippen LogP) is 1.18. The van der Waals surface area contributed by atoms with Crippen LogP contribution in [0.2, 0.25) is 0 Å². The van der Waals surface area contributed by atoms with Crippen LogP contribution in [-0.2, 0) is 5.60 Å². The van der Waals surface area contributed by atoms with Gasteiger partial charge in [-0.3, -0.25) is 0 Å². The van der Waals surface area contributed by atoms with Crippen molar-refractivity contribution in [2.24, 2.45) is 0 Å². The average molecular weight is 206 g/mol. The highest BCUT2D eigenvalue weighted by Gasteiger charge is 2.33. The number of nitrogen functional groups attached to an aromatic ring is 1. The SMILES string of the molecule is CN1CCCC(O)(c2cccc(N)c2)C1. The molecule has 0 bridgehead atoms. The molecule has 1 aromatic rings. The minimum atomic E-state index is -0.720. The molecule has 0 saturated carbocycles. The van der Waals surface area contributed by atoms with Gasteiger partial charge < -0.3 is 15.7 Å². The smallest absolute Gasteiger partial charge is 0.102 e. The summed E-state index contributed by atoms with van der Waals surface area (Å²) in [6, 6.07) is 7.57. The molecule has 82 valence electrons. The molecule has 0 radical (unpaired) electrons. The van der Waals surface area contributed by atoms with Crippen LogP contribution in [0.15, 0.2) is 24.3 Å². The van der Waals surface area contributed by atoms with Crippen LogP contribution in [0.1, 0.15) is 18.4 Å². The number of nitrogens with two attached hydrogens (primary N) is 1. The first-order valence-electron chi connectivity index (χ1n) is 5.37. The van der Waals surface area contributed by atoms with Crippen LogP contribution in [0.25, 0.3) is 0 Å². The van der Waals surface area contributed by atoms with Gasteiger partial charge in [-0.2, -0.15) is 0 Å². The van der Waals surface area contributed by atoms with Crippen molar-refractivity contribution in [3.8, 4) is 0 Å². The van der Waals surface area contributed by atoms with Crippen molar-refractivity contribution in [3.05, 3.63) is 29.8 Å². The lowest BCUT2D eigenvalue weighted by Crippen LogP contribution is -2.44. The fraction of sp³-hybridized carbons (Fsp3) is 0.500. The number of nitrogens with zero attached hydrogens (tertiary/aromatic N) is 1. The van der Waals surface area contributed by atoms with Crippen molar-refractivity contribution in [1.82, 2.24) is 4.90 Å². The van der Waals surface area contributed by atoms with E-state index in [0.717, 1.165) is 24.9 Å². The van der Waals surface area contributed by atoms with Crippen molar-refractivity contribution in [3.63, 3.8) is 0 Å². The van der Waals surface area contributed by atoms with Gasteiger partial charge in [0.15, 0.2) is 0 Å². The molecule has 1 unspecified atom stereocenters. The van der Waals surface area contributed by atoms with E-state index in [1.807, 2.05) is 31.3 Å². The van der Waals surface area contributed by atoms with Gasteiger partial charge in [-0.25, -0.2) is 0 Å². The number of likely N-dealkylation sites (tertiary alicyclic amines) is 1. The minimum absolute atomic E-state index is 0.691. The molecule has 1 aliphatic heterocycles. The summed E-state index contributed by atoms with van der Waals surface area (Å²) in [6.45, 7) is 1.75. The lowest BCUT2D eigenvalue weighted by atomic mass is 9.86. The number of likely N-dealkylation sites (N-methyl/N-ethyl adjacent to an activating group) is 1. The quantitative estimate of drug-likeness (QED) is 0.678. The first-order chi connectivity index (χ1) is 7.10. The second kappa shape index (κ2) is 3.83. The van der Waals surface area contributed by atoms with Crippen LogP contribution < -0.4 is 5.73 Å². The zero-order chi connectivity index (χ0) is 10.9. The van der Waals surface area contributed by atoms with Gasteiger partial charge in [0.25, 0.3) is 0 Å². The molecular weight excluding hydrogens is 188 g/mol. The number of rotatable bonds is 1. The van der Waals surface area contributed by atoms with Gasteiger partial charge in [0.2, 0.25) is 0 Å². The number of benzene rings is 1. The van der Waals surface area contributed by atoms with Gasteiger partial charge in [-0.1, -0.05) is 12.1 Å². The van der Waals surface area contributed by atoms with Gasteiger partial charge in [0.1, 0.15) is 5.60 Å². The second-order valence-electron chi connectivity index (χ2n) is 4.50. The molecule has 3 N–H and O–H groups in total. The van der Waals surface area contributed by atoms with Gasteiger partial charge in [-0.15, -0.1) is 0 Å². The first kappa shape index (κ1) is 10.5. The number of β-amino-alcohol motifs (C(OH)–C–C–N with tert-alkyl or cyclic N) is 1. The Hall–Kier alpha value is -1.06. The fourth-order valence-corrected chi connectivity index (χ4v) is 2.31. The second-order valence-corrected chi connectivity index (χ2v) is 4.50. The van der Waals surface area contributed by atoms with Crippen molar-refractivity contribution in [2.45, 2.75) is 18.4 Å². The van der Waals surface area contributed by atoms with Crippen molar-refractivity contribution in [1.29, 1.82) is 0 Å². The number of aliphatic hydroxyl groups is 1. The Morgan fingerprint density at radius 1 is 1.47 bits per heavy atom. The maximum atomic E-state index is 10.5. The van der Waals surface area contributed by atoms with E-state index < -0.39 is 5.60 Å². The zero-order valence-electron chi connectivity index (χ0n) is 9.11. The molecule has 3 heteroatoms. The molecule has 15 heavy (non-hydrogen) atoms. The highest BCUT2D eigenvalue weighted by Crippen LogP contribution is 2.31. The van der Waals surface area contributed by atoms with Gasteiger partial charge in [0, 0.05) is 12.2 Å². The number of hydrogen-bond acceptors (Lipinski definition) is 3. The Kier molecular flexibility index (Phi) is 2.67. The molecule has 0 aromatic heterocycles. The lowest BCUT2D eigenvalue weighted by Gasteiger charge is -2.37. The summed E-state index contributed by atoms with van der Waals surface area (Å²) < 4.78 is 0. The van der Waals surface area contributed by atoms with E-state index in [1.165, 1.54) is 0 Å². The topological polar surface area (TPSA) is 49.5 Å². The van der Waals surface area contributed by atoms with E-state index in [0.29, 0.717) is 12.2 Å². The Labute approximate surface area is 90.5 Å². The van der Waals surface area contributed by atoms with Crippen LogP contribution in [0.4, 0.5) is 5.69 Å². The van der Waals surface area contributed by atoms with Crippen LogP contribution in [-0.4, -0.2) is 30.1 Å². The van der Waals surface area contributed by atoms with E-state index in [2.05, 4.69) is 4.90 Å². The molecule has 1 fully saturated rings. The number of anilines is 1. The van der Waals surface area contributed by atoms with Crippen molar-refractivity contribution < 1.29 is 5.11 Å². The number of hydrogen-bond donors (Lipinski definition) is 2. The van der Waals surface area contributed by atoms with Crippen LogP contribution >= 0.6 is 0 Å². The molecule has 1 aliphatic rings. The van der Waals surface area contributed by atoms with Gasteiger partial charge in [0.05, 0.1) is 0 Å². The number of piperidine rings is 1. The molecule has 1 atom stereocenters. The standard InChI is InChI=1S/C12H18N2O/c1-14-7-3-6-12(15,9-14)10-4-2-5-11(13)8-10/h2,4-5,8,15H,3,6-7,9,13H2,1H3. The summed E-state index contributed by atoms with van der Waals surface area (Å²) in [4.78, 5) is 2.16. The Morgan fingerprint density at radius 3 is 2.93 bits per heavy atom. The van der Waals surface area contributed by atoms with Crippen LogP contribution in [0, 0.1) is 0 Å². The average Bonchev–Trinajstić information content (AvgIpc) is 2.17. The Bertz CT molecular complexity index is 353. The molecule has 1 heterocycles. The predicted molar refractivity (Wildman–Crippen MR) is 61.5 cm³/mol. The maximum Gasteiger partial charge on any atom is 0.102 e. The molecule has 1 saturated heterocycles. The van der Waals surface area contributed by atoms with E-state index in [1.54, 1.807) is 0 Å². The third-order valence-corrected chi connectivity index (χ3v) is 3.09. The summed E-state index contributed by atoms with van der Waals surface area (Å²) in [5.41, 5.74) is 6.67. The lowest BCUT2D eigenvalue weighted by molar-refractivity contribution is -0.0277. The van der Waals surface area contributed by atoms with Crippen LogP contribution in [0.5, 0.6) is 0 Å². The molecule has 0 aliphatic carbocycles. The normalized spacial score (nSPS) is 27.9. The van der Waals surface area contributed by atoms with E-state index >= 15 is 0 Å². The van der Waals surface area contributed by atoms with E-state index in [-0.39, 0.29) is 0 Å². The highest BCUT2D eigenvalue weighted by atomic mass is 16.3. The maximum absolute atomic E-state index is 10.5. The molecule has 0 amide bonds.